The van der Waals surface area contributed by atoms with Gasteiger partial charge in [0.15, 0.2) is 5.16 Å². The van der Waals surface area contributed by atoms with Gasteiger partial charge in [0.25, 0.3) is 0 Å². The number of rotatable bonds is 6. The summed E-state index contributed by atoms with van der Waals surface area (Å²) in [5, 5.41) is 9.46. The fraction of sp³-hybridized carbons (Fsp3) is 0.286. The number of imidazole rings is 1. The van der Waals surface area contributed by atoms with Crippen LogP contribution in [0.25, 0.3) is 0 Å². The molecular formula is C14H16N2O2S. The van der Waals surface area contributed by atoms with Crippen LogP contribution < -0.4 is 0 Å². The van der Waals surface area contributed by atoms with Crippen LogP contribution in [0.1, 0.15) is 18.4 Å². The minimum atomic E-state index is -0.823. The molecule has 0 amide bonds. The molecule has 0 radical (unpaired) electrons. The van der Waals surface area contributed by atoms with Crippen LogP contribution in [-0.2, 0) is 11.3 Å². The van der Waals surface area contributed by atoms with Crippen LogP contribution in [0.5, 0.6) is 0 Å². The quantitative estimate of drug-likeness (QED) is 0.824. The lowest BCUT2D eigenvalue weighted by atomic mass is 10.0. The van der Waals surface area contributed by atoms with E-state index in [2.05, 4.69) is 24.0 Å². The van der Waals surface area contributed by atoms with E-state index in [0.29, 0.717) is 5.92 Å². The Morgan fingerprint density at radius 2 is 2.16 bits per heavy atom. The predicted molar refractivity (Wildman–Crippen MR) is 75.4 cm³/mol. The van der Waals surface area contributed by atoms with E-state index >= 15 is 0 Å². The SMILES string of the molecule is CC(Cn1ccnc1SCC(=O)O)c1ccccc1. The molecule has 4 nitrogen and oxygen atoms in total. The first-order valence-corrected chi connectivity index (χ1v) is 7.06. The molecule has 1 aromatic carbocycles. The highest BCUT2D eigenvalue weighted by Crippen LogP contribution is 2.21. The van der Waals surface area contributed by atoms with Crippen molar-refractivity contribution in [1.29, 1.82) is 0 Å². The maximum absolute atomic E-state index is 10.6. The number of benzene rings is 1. The van der Waals surface area contributed by atoms with Crippen LogP contribution in [0.15, 0.2) is 47.9 Å². The first-order chi connectivity index (χ1) is 9.16. The van der Waals surface area contributed by atoms with Gasteiger partial charge in [-0.25, -0.2) is 4.98 Å². The lowest BCUT2D eigenvalue weighted by molar-refractivity contribution is -0.133. The minimum Gasteiger partial charge on any atom is -0.481 e. The zero-order valence-electron chi connectivity index (χ0n) is 10.7. The van der Waals surface area contributed by atoms with E-state index < -0.39 is 5.97 Å². The van der Waals surface area contributed by atoms with Crippen molar-refractivity contribution < 1.29 is 9.90 Å². The average molecular weight is 276 g/mol. The Hall–Kier alpha value is -1.75. The molecule has 19 heavy (non-hydrogen) atoms. The molecule has 0 aliphatic rings. The summed E-state index contributed by atoms with van der Waals surface area (Å²) in [6, 6.07) is 10.3. The Morgan fingerprint density at radius 1 is 1.42 bits per heavy atom. The van der Waals surface area contributed by atoms with Crippen molar-refractivity contribution in [1.82, 2.24) is 9.55 Å². The van der Waals surface area contributed by atoms with Gasteiger partial charge < -0.3 is 9.67 Å². The van der Waals surface area contributed by atoms with Crippen molar-refractivity contribution in [3.05, 3.63) is 48.3 Å². The fourth-order valence-corrected chi connectivity index (χ4v) is 2.57. The largest absolute Gasteiger partial charge is 0.481 e. The van der Waals surface area contributed by atoms with E-state index in [-0.39, 0.29) is 5.75 Å². The Balaban J connectivity index is 2.03. The van der Waals surface area contributed by atoms with Crippen LogP contribution in [0.2, 0.25) is 0 Å². The molecule has 1 atom stereocenters. The Bertz CT molecular complexity index is 539. The van der Waals surface area contributed by atoms with Crippen LogP contribution in [-0.4, -0.2) is 26.4 Å². The number of hydrogen-bond donors (Lipinski definition) is 1. The van der Waals surface area contributed by atoms with Gasteiger partial charge in [-0.1, -0.05) is 49.0 Å². The Labute approximate surface area is 116 Å². The summed E-state index contributed by atoms with van der Waals surface area (Å²) < 4.78 is 2.01. The molecule has 2 aromatic rings. The van der Waals surface area contributed by atoms with Gasteiger partial charge in [-0.2, -0.15) is 0 Å². The van der Waals surface area contributed by atoms with Crippen molar-refractivity contribution in [2.75, 3.05) is 5.75 Å². The predicted octanol–water partition coefficient (Wildman–Crippen LogP) is 2.86. The highest BCUT2D eigenvalue weighted by atomic mass is 32.2. The summed E-state index contributed by atoms with van der Waals surface area (Å²) in [7, 11) is 0. The lowest BCUT2D eigenvalue weighted by Gasteiger charge is -2.14. The van der Waals surface area contributed by atoms with Crippen LogP contribution in [0, 0.1) is 0 Å². The molecule has 1 N–H and O–H groups in total. The van der Waals surface area contributed by atoms with Crippen molar-refractivity contribution in [2.24, 2.45) is 0 Å². The molecule has 0 saturated carbocycles. The van der Waals surface area contributed by atoms with Gasteiger partial charge in [-0.05, 0) is 11.5 Å². The molecule has 1 heterocycles. The van der Waals surface area contributed by atoms with Crippen LogP contribution in [0.4, 0.5) is 0 Å². The van der Waals surface area contributed by atoms with Crippen LogP contribution in [0.3, 0.4) is 0 Å². The monoisotopic (exact) mass is 276 g/mol. The highest BCUT2D eigenvalue weighted by Gasteiger charge is 2.10. The van der Waals surface area contributed by atoms with Gasteiger partial charge in [0.05, 0.1) is 5.75 Å². The highest BCUT2D eigenvalue weighted by molar-refractivity contribution is 7.99. The summed E-state index contributed by atoms with van der Waals surface area (Å²) >= 11 is 1.25. The topological polar surface area (TPSA) is 55.1 Å². The van der Waals surface area contributed by atoms with E-state index in [1.165, 1.54) is 17.3 Å². The number of nitrogens with zero attached hydrogens (tertiary/aromatic N) is 2. The normalized spacial score (nSPS) is 12.3. The lowest BCUT2D eigenvalue weighted by Crippen LogP contribution is -2.08. The fourth-order valence-electron chi connectivity index (χ4n) is 1.88. The molecule has 0 aliphatic heterocycles. The second-order valence-electron chi connectivity index (χ2n) is 4.36. The van der Waals surface area contributed by atoms with Gasteiger partial charge in [-0.3, -0.25) is 4.79 Å². The molecular weight excluding hydrogens is 260 g/mol. The molecule has 100 valence electrons. The number of aliphatic carboxylic acids is 1. The molecule has 0 bridgehead atoms. The summed E-state index contributed by atoms with van der Waals surface area (Å²) in [5.74, 6) is -0.424. The third-order valence-corrected chi connectivity index (χ3v) is 3.83. The molecule has 0 fully saturated rings. The van der Waals surface area contributed by atoms with Gasteiger partial charge in [0, 0.05) is 18.9 Å². The molecule has 0 saturated heterocycles. The summed E-state index contributed by atoms with van der Waals surface area (Å²) in [6.07, 6.45) is 3.60. The van der Waals surface area contributed by atoms with Crippen LogP contribution >= 0.6 is 11.8 Å². The zero-order chi connectivity index (χ0) is 13.7. The number of carbonyl (C=O) groups is 1. The van der Waals surface area contributed by atoms with E-state index in [1.807, 2.05) is 29.0 Å². The van der Waals surface area contributed by atoms with Gasteiger partial charge >= 0.3 is 5.97 Å². The molecule has 2 rings (SSSR count). The number of carboxylic acid groups (broad SMARTS) is 1. The van der Waals surface area contributed by atoms with Gasteiger partial charge in [0.2, 0.25) is 0 Å². The van der Waals surface area contributed by atoms with Gasteiger partial charge in [0.1, 0.15) is 0 Å². The minimum absolute atomic E-state index is 0.0384. The number of thioether (sulfide) groups is 1. The molecule has 0 aliphatic carbocycles. The summed E-state index contributed by atoms with van der Waals surface area (Å²) in [6.45, 7) is 2.95. The number of hydrogen-bond acceptors (Lipinski definition) is 3. The van der Waals surface area contributed by atoms with E-state index in [4.69, 9.17) is 5.11 Å². The van der Waals surface area contributed by atoms with Crippen molar-refractivity contribution >= 4 is 17.7 Å². The Kier molecular flexibility index (Phi) is 4.63. The van der Waals surface area contributed by atoms with E-state index in [1.54, 1.807) is 6.20 Å². The average Bonchev–Trinajstić information content (AvgIpc) is 2.84. The molecule has 0 spiro atoms. The first kappa shape index (κ1) is 13.7. The molecule has 5 heteroatoms. The Morgan fingerprint density at radius 3 is 2.84 bits per heavy atom. The molecule has 1 aromatic heterocycles. The van der Waals surface area contributed by atoms with Crippen molar-refractivity contribution in [3.8, 4) is 0 Å². The van der Waals surface area contributed by atoms with Crippen molar-refractivity contribution in [3.63, 3.8) is 0 Å². The molecule has 1 unspecified atom stereocenters. The van der Waals surface area contributed by atoms with Crippen molar-refractivity contribution in [2.45, 2.75) is 24.5 Å². The smallest absolute Gasteiger partial charge is 0.313 e. The third kappa shape index (κ3) is 3.86. The van der Waals surface area contributed by atoms with Gasteiger partial charge in [-0.15, -0.1) is 0 Å². The summed E-state index contributed by atoms with van der Waals surface area (Å²) in [4.78, 5) is 14.8. The van der Waals surface area contributed by atoms with E-state index in [9.17, 15) is 4.79 Å². The second-order valence-corrected chi connectivity index (χ2v) is 5.30. The summed E-state index contributed by atoms with van der Waals surface area (Å²) in [5.41, 5.74) is 1.27. The number of aromatic nitrogens is 2. The standard InChI is InChI=1S/C14H16N2O2S/c1-11(12-5-3-2-4-6-12)9-16-8-7-15-14(16)19-10-13(17)18/h2-8,11H,9-10H2,1H3,(H,17,18). The first-order valence-electron chi connectivity index (χ1n) is 6.07. The zero-order valence-corrected chi connectivity index (χ0v) is 11.5. The third-order valence-electron chi connectivity index (χ3n) is 2.84. The van der Waals surface area contributed by atoms with E-state index in [0.717, 1.165) is 11.7 Å². The second kappa shape index (κ2) is 6.43. The number of carboxylic acids is 1. The maximum atomic E-state index is 10.6. The maximum Gasteiger partial charge on any atom is 0.313 e.